The number of likely N-dealkylation sites (tertiary alicyclic amines) is 1. The third-order valence-electron chi connectivity index (χ3n) is 3.00. The van der Waals surface area contributed by atoms with E-state index < -0.39 is 12.2 Å². The van der Waals surface area contributed by atoms with Crippen molar-refractivity contribution in [2.75, 3.05) is 20.2 Å². The van der Waals surface area contributed by atoms with Gasteiger partial charge in [0.2, 0.25) is 0 Å². The van der Waals surface area contributed by atoms with Crippen molar-refractivity contribution in [3.05, 3.63) is 35.9 Å². The van der Waals surface area contributed by atoms with Gasteiger partial charge in [0.1, 0.15) is 12.7 Å². The average Bonchev–Trinajstić information content (AvgIpc) is 2.78. The molecule has 1 aliphatic heterocycles. The molecule has 1 amide bonds. The van der Waals surface area contributed by atoms with Crippen LogP contribution in [-0.2, 0) is 16.1 Å². The molecule has 0 saturated carbocycles. The van der Waals surface area contributed by atoms with Crippen LogP contribution in [0.4, 0.5) is 4.79 Å². The van der Waals surface area contributed by atoms with Gasteiger partial charge >= 0.3 is 6.09 Å². The SMILES string of the molecule is COC1CN(C(=O)OCc2ccccc2)C[C@@H]1O. The van der Waals surface area contributed by atoms with Crippen LogP contribution >= 0.6 is 0 Å². The van der Waals surface area contributed by atoms with Crippen molar-refractivity contribution < 1.29 is 19.4 Å². The maximum atomic E-state index is 11.8. The van der Waals surface area contributed by atoms with Crippen LogP contribution in [0.15, 0.2) is 30.3 Å². The number of aliphatic hydroxyl groups is 1. The zero-order valence-electron chi connectivity index (χ0n) is 10.3. The summed E-state index contributed by atoms with van der Waals surface area (Å²) in [6, 6.07) is 9.48. The molecule has 1 aromatic carbocycles. The summed E-state index contributed by atoms with van der Waals surface area (Å²) in [5.41, 5.74) is 0.939. The van der Waals surface area contributed by atoms with E-state index >= 15 is 0 Å². The molecule has 1 aromatic rings. The van der Waals surface area contributed by atoms with Crippen molar-refractivity contribution in [1.29, 1.82) is 0 Å². The number of rotatable bonds is 3. The molecule has 0 bridgehead atoms. The maximum Gasteiger partial charge on any atom is 0.410 e. The van der Waals surface area contributed by atoms with Gasteiger partial charge in [0.05, 0.1) is 19.2 Å². The molecule has 1 N–H and O–H groups in total. The van der Waals surface area contributed by atoms with E-state index in [0.717, 1.165) is 5.56 Å². The van der Waals surface area contributed by atoms with E-state index in [2.05, 4.69) is 0 Å². The Labute approximate surface area is 106 Å². The fourth-order valence-corrected chi connectivity index (χ4v) is 1.95. The van der Waals surface area contributed by atoms with E-state index in [9.17, 15) is 9.90 Å². The summed E-state index contributed by atoms with van der Waals surface area (Å²) in [6.45, 7) is 0.862. The van der Waals surface area contributed by atoms with Gasteiger partial charge in [0.25, 0.3) is 0 Å². The van der Waals surface area contributed by atoms with Gasteiger partial charge in [-0.3, -0.25) is 0 Å². The lowest BCUT2D eigenvalue weighted by Crippen LogP contribution is -2.30. The van der Waals surface area contributed by atoms with Crippen LogP contribution in [0, 0.1) is 0 Å². The molecular formula is C13H17NO4. The van der Waals surface area contributed by atoms with Gasteiger partial charge in [-0.05, 0) is 5.56 Å². The standard InChI is InChI=1S/C13H17NO4/c1-17-12-8-14(7-11(12)15)13(16)18-9-10-5-3-2-4-6-10/h2-6,11-12,15H,7-9H2,1H3/t11-,12?/m0/s1. The van der Waals surface area contributed by atoms with Gasteiger partial charge in [0, 0.05) is 7.11 Å². The van der Waals surface area contributed by atoms with E-state index in [0.29, 0.717) is 6.54 Å². The highest BCUT2D eigenvalue weighted by Crippen LogP contribution is 2.14. The number of ether oxygens (including phenoxy) is 2. The Kier molecular flexibility index (Phi) is 4.17. The molecule has 98 valence electrons. The molecule has 1 fully saturated rings. The lowest BCUT2D eigenvalue weighted by Gasteiger charge is -2.15. The first-order valence-corrected chi connectivity index (χ1v) is 5.87. The smallest absolute Gasteiger partial charge is 0.410 e. The number of nitrogens with zero attached hydrogens (tertiary/aromatic N) is 1. The van der Waals surface area contributed by atoms with Gasteiger partial charge in [-0.25, -0.2) is 4.79 Å². The first-order chi connectivity index (χ1) is 8.70. The van der Waals surface area contributed by atoms with Crippen molar-refractivity contribution in [3.8, 4) is 0 Å². The van der Waals surface area contributed by atoms with Crippen LogP contribution in [0.25, 0.3) is 0 Å². The Morgan fingerprint density at radius 1 is 1.39 bits per heavy atom. The number of carbonyl (C=O) groups excluding carboxylic acids is 1. The molecule has 0 spiro atoms. The quantitative estimate of drug-likeness (QED) is 0.871. The molecule has 0 aliphatic carbocycles. The number of carbonyl (C=O) groups is 1. The molecule has 1 saturated heterocycles. The zero-order chi connectivity index (χ0) is 13.0. The first-order valence-electron chi connectivity index (χ1n) is 5.87. The third kappa shape index (κ3) is 3.00. The van der Waals surface area contributed by atoms with Gasteiger partial charge < -0.3 is 19.5 Å². The first kappa shape index (κ1) is 12.9. The Morgan fingerprint density at radius 3 is 2.72 bits per heavy atom. The maximum absolute atomic E-state index is 11.8. The Morgan fingerprint density at radius 2 is 2.11 bits per heavy atom. The molecule has 5 heteroatoms. The Bertz CT molecular complexity index is 395. The molecule has 0 radical (unpaired) electrons. The molecule has 1 unspecified atom stereocenters. The van der Waals surface area contributed by atoms with Crippen LogP contribution in [-0.4, -0.2) is 48.5 Å². The van der Waals surface area contributed by atoms with E-state index in [-0.39, 0.29) is 19.3 Å². The fraction of sp³-hybridized carbons (Fsp3) is 0.462. The average molecular weight is 251 g/mol. The third-order valence-corrected chi connectivity index (χ3v) is 3.00. The van der Waals surface area contributed by atoms with Crippen LogP contribution < -0.4 is 0 Å². The van der Waals surface area contributed by atoms with Gasteiger partial charge in [-0.2, -0.15) is 0 Å². The van der Waals surface area contributed by atoms with Crippen LogP contribution in [0.5, 0.6) is 0 Å². The van der Waals surface area contributed by atoms with E-state index in [1.54, 1.807) is 0 Å². The molecule has 5 nitrogen and oxygen atoms in total. The highest BCUT2D eigenvalue weighted by atomic mass is 16.6. The number of hydrogen-bond acceptors (Lipinski definition) is 4. The van der Waals surface area contributed by atoms with E-state index in [1.165, 1.54) is 12.0 Å². The van der Waals surface area contributed by atoms with Crippen molar-refractivity contribution in [2.24, 2.45) is 0 Å². The predicted molar refractivity (Wildman–Crippen MR) is 65.0 cm³/mol. The minimum atomic E-state index is -0.640. The summed E-state index contributed by atoms with van der Waals surface area (Å²) in [7, 11) is 1.52. The molecule has 2 atom stereocenters. The number of amides is 1. The Hall–Kier alpha value is -1.59. The van der Waals surface area contributed by atoms with Crippen molar-refractivity contribution in [1.82, 2.24) is 4.90 Å². The minimum absolute atomic E-state index is 0.240. The highest BCUT2D eigenvalue weighted by Gasteiger charge is 2.34. The minimum Gasteiger partial charge on any atom is -0.445 e. The summed E-state index contributed by atoms with van der Waals surface area (Å²) in [6.07, 6.45) is -1.38. The molecule has 1 heterocycles. The van der Waals surface area contributed by atoms with E-state index in [4.69, 9.17) is 9.47 Å². The van der Waals surface area contributed by atoms with Crippen molar-refractivity contribution in [3.63, 3.8) is 0 Å². The second kappa shape index (κ2) is 5.84. The summed E-state index contributed by atoms with van der Waals surface area (Å²) in [4.78, 5) is 13.2. The number of methoxy groups -OCH3 is 1. The normalized spacial score (nSPS) is 23.1. The van der Waals surface area contributed by atoms with Crippen LogP contribution in [0.2, 0.25) is 0 Å². The van der Waals surface area contributed by atoms with Gasteiger partial charge in [-0.1, -0.05) is 30.3 Å². The van der Waals surface area contributed by atoms with Crippen LogP contribution in [0.3, 0.4) is 0 Å². The van der Waals surface area contributed by atoms with Crippen molar-refractivity contribution in [2.45, 2.75) is 18.8 Å². The molecule has 1 aliphatic rings. The lowest BCUT2D eigenvalue weighted by molar-refractivity contribution is 0.0214. The summed E-state index contributed by atoms with van der Waals surface area (Å²) < 4.78 is 10.2. The van der Waals surface area contributed by atoms with Gasteiger partial charge in [-0.15, -0.1) is 0 Å². The summed E-state index contributed by atoms with van der Waals surface area (Å²) in [5.74, 6) is 0. The number of hydrogen-bond donors (Lipinski definition) is 1. The second-order valence-electron chi connectivity index (χ2n) is 4.29. The predicted octanol–water partition coefficient (Wildman–Crippen LogP) is 1.01. The molecule has 0 aromatic heterocycles. The molecule has 2 rings (SSSR count). The van der Waals surface area contributed by atoms with E-state index in [1.807, 2.05) is 30.3 Å². The molecule has 18 heavy (non-hydrogen) atoms. The summed E-state index contributed by atoms with van der Waals surface area (Å²) >= 11 is 0. The zero-order valence-corrected chi connectivity index (χ0v) is 10.3. The lowest BCUT2D eigenvalue weighted by atomic mass is 10.2. The number of aliphatic hydroxyl groups excluding tert-OH is 1. The Balaban J connectivity index is 1.82. The topological polar surface area (TPSA) is 59.0 Å². The largest absolute Gasteiger partial charge is 0.445 e. The fourth-order valence-electron chi connectivity index (χ4n) is 1.95. The summed E-state index contributed by atoms with van der Waals surface area (Å²) in [5, 5.41) is 9.62. The van der Waals surface area contributed by atoms with Crippen molar-refractivity contribution >= 4 is 6.09 Å². The number of β-amino-alcohol motifs (C(OH)–C–C–N with tert-alkyl or cyclic N) is 1. The van der Waals surface area contributed by atoms with Crippen LogP contribution in [0.1, 0.15) is 5.56 Å². The highest BCUT2D eigenvalue weighted by molar-refractivity contribution is 5.68. The van der Waals surface area contributed by atoms with Gasteiger partial charge in [0.15, 0.2) is 0 Å². The number of benzene rings is 1. The second-order valence-corrected chi connectivity index (χ2v) is 4.29. The molecular weight excluding hydrogens is 234 g/mol. The monoisotopic (exact) mass is 251 g/mol.